The number of rotatable bonds is 3. The van der Waals surface area contributed by atoms with E-state index in [1.165, 1.54) is 4.80 Å². The molecule has 1 aliphatic heterocycles. The molecule has 3 heterocycles. The van der Waals surface area contributed by atoms with Gasteiger partial charge in [-0.1, -0.05) is 44.5 Å². The summed E-state index contributed by atoms with van der Waals surface area (Å²) in [6, 6.07) is 7.39. The highest BCUT2D eigenvalue weighted by Gasteiger charge is 2.40. The fraction of sp³-hybridized carbons (Fsp3) is 0.474. The van der Waals surface area contributed by atoms with Crippen LogP contribution in [-0.4, -0.2) is 44.0 Å². The maximum Gasteiger partial charge on any atom is 0.266 e. The van der Waals surface area contributed by atoms with Crippen molar-refractivity contribution in [1.29, 1.82) is 0 Å². The number of aromatic nitrogens is 5. The maximum atomic E-state index is 13.8. The van der Waals surface area contributed by atoms with Crippen molar-refractivity contribution in [2.75, 3.05) is 18.0 Å². The van der Waals surface area contributed by atoms with E-state index in [9.17, 15) is 8.78 Å². The van der Waals surface area contributed by atoms with Gasteiger partial charge in [-0.2, -0.15) is 4.80 Å². The maximum absolute atomic E-state index is 13.8. The van der Waals surface area contributed by atoms with Crippen LogP contribution in [0, 0.1) is 0 Å². The third-order valence-electron chi connectivity index (χ3n) is 4.65. The lowest BCUT2D eigenvalue weighted by atomic mass is 9.96. The molecule has 0 bridgehead atoms. The van der Waals surface area contributed by atoms with Crippen LogP contribution < -0.4 is 4.90 Å². The normalized spacial score (nSPS) is 16.9. The molecule has 9 heteroatoms. The Morgan fingerprint density at radius 2 is 1.82 bits per heavy atom. The van der Waals surface area contributed by atoms with Gasteiger partial charge < -0.3 is 4.90 Å². The number of halogens is 3. The summed E-state index contributed by atoms with van der Waals surface area (Å²) >= 11 is 5.93. The Morgan fingerprint density at radius 3 is 2.43 bits per heavy atom. The minimum absolute atomic E-state index is 0.192. The van der Waals surface area contributed by atoms with E-state index < -0.39 is 5.92 Å². The van der Waals surface area contributed by atoms with Gasteiger partial charge in [0.2, 0.25) is 5.65 Å². The molecule has 0 atom stereocenters. The second kappa shape index (κ2) is 6.62. The van der Waals surface area contributed by atoms with Crippen LogP contribution in [0.3, 0.4) is 0 Å². The van der Waals surface area contributed by atoms with Crippen LogP contribution >= 0.6 is 11.6 Å². The van der Waals surface area contributed by atoms with Gasteiger partial charge in [-0.3, -0.25) is 0 Å². The van der Waals surface area contributed by atoms with Crippen LogP contribution in [0.15, 0.2) is 24.3 Å². The summed E-state index contributed by atoms with van der Waals surface area (Å²) in [7, 11) is 0. The lowest BCUT2D eigenvalue weighted by Gasteiger charge is -2.21. The molecule has 148 valence electrons. The Morgan fingerprint density at radius 1 is 1.11 bits per heavy atom. The molecule has 3 aromatic rings. The van der Waals surface area contributed by atoms with E-state index in [0.717, 1.165) is 5.56 Å². The van der Waals surface area contributed by atoms with Gasteiger partial charge in [0.15, 0.2) is 11.3 Å². The fourth-order valence-electron chi connectivity index (χ4n) is 3.13. The standard InChI is InChI=1S/C19H21ClF2N6/c1-18(2,3)17-23-15-14(16(24-17)27-9-8-19(21,22)11-27)25-28(26-15)10-12-4-6-13(20)7-5-12/h4-7H,8-11H2,1-3H3. The quantitative estimate of drug-likeness (QED) is 0.656. The van der Waals surface area contributed by atoms with E-state index in [1.807, 2.05) is 32.9 Å². The summed E-state index contributed by atoms with van der Waals surface area (Å²) in [6.07, 6.45) is -0.192. The molecule has 0 aliphatic carbocycles. The summed E-state index contributed by atoms with van der Waals surface area (Å²) in [4.78, 5) is 12.3. The Kier molecular flexibility index (Phi) is 4.49. The zero-order valence-corrected chi connectivity index (χ0v) is 16.7. The minimum Gasteiger partial charge on any atom is -0.348 e. The molecular formula is C19H21ClF2N6. The number of anilines is 1. The van der Waals surface area contributed by atoms with Crippen LogP contribution in [0.25, 0.3) is 11.2 Å². The molecule has 6 nitrogen and oxygen atoms in total. The number of hydrogen-bond acceptors (Lipinski definition) is 5. The predicted octanol–water partition coefficient (Wildman–Crippen LogP) is 4.07. The lowest BCUT2D eigenvalue weighted by molar-refractivity contribution is 0.0257. The highest BCUT2D eigenvalue weighted by Crippen LogP contribution is 2.33. The summed E-state index contributed by atoms with van der Waals surface area (Å²) in [5, 5.41) is 9.64. The van der Waals surface area contributed by atoms with Crippen molar-refractivity contribution >= 4 is 28.6 Å². The second-order valence-electron chi connectivity index (χ2n) is 8.18. The number of hydrogen-bond donors (Lipinski definition) is 0. The van der Waals surface area contributed by atoms with Crippen molar-refractivity contribution in [2.45, 2.75) is 45.1 Å². The summed E-state index contributed by atoms with van der Waals surface area (Å²) in [5.74, 6) is -1.74. The van der Waals surface area contributed by atoms with Crippen LogP contribution in [0.2, 0.25) is 5.02 Å². The van der Waals surface area contributed by atoms with Gasteiger partial charge in [-0.15, -0.1) is 10.2 Å². The first-order valence-corrected chi connectivity index (χ1v) is 9.49. The number of nitrogens with zero attached hydrogens (tertiary/aromatic N) is 6. The molecule has 2 aromatic heterocycles. The molecular weight excluding hydrogens is 386 g/mol. The Bertz CT molecular complexity index is 1010. The zero-order chi connectivity index (χ0) is 20.1. The average molecular weight is 407 g/mol. The van der Waals surface area contributed by atoms with E-state index in [1.54, 1.807) is 17.0 Å². The minimum atomic E-state index is -2.72. The molecule has 0 saturated carbocycles. The summed E-state index contributed by atoms with van der Waals surface area (Å²) in [6.45, 7) is 6.23. The molecule has 1 fully saturated rings. The van der Waals surface area contributed by atoms with Crippen molar-refractivity contribution < 1.29 is 8.78 Å². The van der Waals surface area contributed by atoms with E-state index >= 15 is 0 Å². The average Bonchev–Trinajstić information content (AvgIpc) is 3.17. The van der Waals surface area contributed by atoms with Crippen LogP contribution in [0.4, 0.5) is 14.6 Å². The molecule has 1 aliphatic rings. The third kappa shape index (κ3) is 3.78. The molecule has 0 amide bonds. The molecule has 0 spiro atoms. The van der Waals surface area contributed by atoms with Gasteiger partial charge in [0, 0.05) is 23.4 Å². The first-order valence-electron chi connectivity index (χ1n) is 9.11. The van der Waals surface area contributed by atoms with E-state index in [2.05, 4.69) is 20.2 Å². The Balaban J connectivity index is 1.77. The van der Waals surface area contributed by atoms with Gasteiger partial charge in [0.1, 0.15) is 5.82 Å². The van der Waals surface area contributed by atoms with Gasteiger partial charge in [-0.25, -0.2) is 18.7 Å². The van der Waals surface area contributed by atoms with Crippen molar-refractivity contribution in [3.8, 4) is 0 Å². The van der Waals surface area contributed by atoms with Gasteiger partial charge in [0.25, 0.3) is 5.92 Å². The largest absolute Gasteiger partial charge is 0.348 e. The van der Waals surface area contributed by atoms with Crippen molar-refractivity contribution in [3.63, 3.8) is 0 Å². The van der Waals surface area contributed by atoms with Crippen LogP contribution in [-0.2, 0) is 12.0 Å². The molecule has 4 rings (SSSR count). The van der Waals surface area contributed by atoms with Crippen LogP contribution in [0.5, 0.6) is 0 Å². The van der Waals surface area contributed by atoms with Crippen LogP contribution in [0.1, 0.15) is 38.6 Å². The number of fused-ring (bicyclic) bond motifs is 1. The van der Waals surface area contributed by atoms with Gasteiger partial charge >= 0.3 is 0 Å². The topological polar surface area (TPSA) is 59.7 Å². The Labute approximate surface area is 166 Å². The van der Waals surface area contributed by atoms with Crippen molar-refractivity contribution in [2.24, 2.45) is 0 Å². The molecule has 1 saturated heterocycles. The second-order valence-corrected chi connectivity index (χ2v) is 8.61. The first-order chi connectivity index (χ1) is 13.1. The predicted molar refractivity (Wildman–Crippen MR) is 104 cm³/mol. The molecule has 0 unspecified atom stereocenters. The number of alkyl halides is 2. The number of benzene rings is 1. The van der Waals surface area contributed by atoms with Crippen molar-refractivity contribution in [3.05, 3.63) is 40.7 Å². The third-order valence-corrected chi connectivity index (χ3v) is 4.90. The summed E-state index contributed by atoms with van der Waals surface area (Å²) < 4.78 is 27.6. The fourth-order valence-corrected chi connectivity index (χ4v) is 3.26. The van der Waals surface area contributed by atoms with Gasteiger partial charge in [-0.05, 0) is 17.7 Å². The lowest BCUT2D eigenvalue weighted by Crippen LogP contribution is -2.27. The smallest absolute Gasteiger partial charge is 0.266 e. The molecule has 0 N–H and O–H groups in total. The van der Waals surface area contributed by atoms with E-state index in [0.29, 0.717) is 34.4 Å². The van der Waals surface area contributed by atoms with Crippen molar-refractivity contribution in [1.82, 2.24) is 25.0 Å². The first kappa shape index (κ1) is 19.0. The highest BCUT2D eigenvalue weighted by atomic mass is 35.5. The Hall–Kier alpha value is -2.35. The van der Waals surface area contributed by atoms with E-state index in [4.69, 9.17) is 11.6 Å². The zero-order valence-electron chi connectivity index (χ0n) is 16.0. The SMILES string of the molecule is CC(C)(C)c1nc(N2CCC(F)(F)C2)c2nn(Cc3ccc(Cl)cc3)nc2n1. The summed E-state index contributed by atoms with van der Waals surface area (Å²) in [5.41, 5.74) is 1.49. The molecule has 28 heavy (non-hydrogen) atoms. The highest BCUT2D eigenvalue weighted by molar-refractivity contribution is 6.30. The molecule has 0 radical (unpaired) electrons. The van der Waals surface area contributed by atoms with Gasteiger partial charge in [0.05, 0.1) is 13.1 Å². The monoisotopic (exact) mass is 406 g/mol. The van der Waals surface area contributed by atoms with E-state index in [-0.39, 0.29) is 24.9 Å². The molecule has 1 aromatic carbocycles.